The minimum atomic E-state index is -0.377. The molecule has 5 rings (SSSR count). The summed E-state index contributed by atoms with van der Waals surface area (Å²) >= 11 is 22.0. The number of halogens is 3. The number of piperazine rings is 1. The summed E-state index contributed by atoms with van der Waals surface area (Å²) in [6, 6.07) is 23.2. The van der Waals surface area contributed by atoms with Crippen LogP contribution in [0.1, 0.15) is 15.9 Å². The third-order valence-electron chi connectivity index (χ3n) is 6.89. The van der Waals surface area contributed by atoms with Gasteiger partial charge in [0.1, 0.15) is 5.75 Å². The highest BCUT2D eigenvalue weighted by Gasteiger charge is 2.21. The maximum Gasteiger partial charge on any atom is 0.261 e. The second kappa shape index (κ2) is 12.7. The molecule has 0 atom stereocenters. The van der Waals surface area contributed by atoms with E-state index in [0.29, 0.717) is 26.5 Å². The smallest absolute Gasteiger partial charge is 0.261 e. The van der Waals surface area contributed by atoms with E-state index in [4.69, 9.17) is 40.2 Å². The third-order valence-corrected chi connectivity index (χ3v) is 8.55. The Balaban J connectivity index is 1.20. The highest BCUT2D eigenvalue weighted by molar-refractivity contribution is 9.10. The Morgan fingerprint density at radius 1 is 0.975 bits per heavy atom. The molecule has 1 fully saturated rings. The van der Waals surface area contributed by atoms with E-state index in [1.54, 1.807) is 6.07 Å². The lowest BCUT2D eigenvalue weighted by Gasteiger charge is -2.36. The van der Waals surface area contributed by atoms with E-state index in [0.717, 1.165) is 59.8 Å². The molecule has 10 heteroatoms. The first-order chi connectivity index (χ1) is 19.3. The second-order valence-corrected chi connectivity index (χ2v) is 11.4. The van der Waals surface area contributed by atoms with Crippen LogP contribution in [0.25, 0.3) is 10.8 Å². The van der Waals surface area contributed by atoms with E-state index in [2.05, 4.69) is 42.4 Å². The van der Waals surface area contributed by atoms with Crippen molar-refractivity contribution in [3.05, 3.63) is 98.4 Å². The van der Waals surface area contributed by atoms with E-state index >= 15 is 0 Å². The van der Waals surface area contributed by atoms with Crippen molar-refractivity contribution >= 4 is 84.5 Å². The number of hydrogen-bond donors (Lipinski definition) is 2. The van der Waals surface area contributed by atoms with Crippen molar-refractivity contribution in [2.45, 2.75) is 6.54 Å². The Bertz CT molecular complexity index is 1580. The molecule has 1 aliphatic heterocycles. The van der Waals surface area contributed by atoms with Gasteiger partial charge >= 0.3 is 0 Å². The van der Waals surface area contributed by atoms with Gasteiger partial charge in [-0.15, -0.1) is 0 Å². The molecule has 0 bridgehead atoms. The van der Waals surface area contributed by atoms with Crippen LogP contribution in [0.3, 0.4) is 0 Å². The fourth-order valence-corrected chi connectivity index (χ4v) is 6.28. The summed E-state index contributed by atoms with van der Waals surface area (Å²) in [4.78, 5) is 17.8. The zero-order valence-electron chi connectivity index (χ0n) is 21.7. The van der Waals surface area contributed by atoms with E-state index < -0.39 is 0 Å². The molecule has 1 aliphatic rings. The van der Waals surface area contributed by atoms with Crippen molar-refractivity contribution in [2.24, 2.45) is 0 Å². The maximum absolute atomic E-state index is 13.1. The van der Waals surface area contributed by atoms with Gasteiger partial charge < -0.3 is 15.0 Å². The lowest BCUT2D eigenvalue weighted by atomic mass is 10.1. The van der Waals surface area contributed by atoms with Crippen LogP contribution in [-0.4, -0.2) is 49.2 Å². The molecule has 0 saturated carbocycles. The van der Waals surface area contributed by atoms with Gasteiger partial charge in [-0.05, 0) is 74.8 Å². The summed E-state index contributed by atoms with van der Waals surface area (Å²) in [6.45, 7) is 4.36. The van der Waals surface area contributed by atoms with Gasteiger partial charge in [0.15, 0.2) is 5.11 Å². The molecule has 1 heterocycles. The summed E-state index contributed by atoms with van der Waals surface area (Å²) in [5.74, 6) is 0.0662. The molecule has 1 amide bonds. The van der Waals surface area contributed by atoms with Crippen LogP contribution in [0.2, 0.25) is 10.0 Å². The van der Waals surface area contributed by atoms with Gasteiger partial charge in [-0.2, -0.15) is 0 Å². The fourth-order valence-electron chi connectivity index (χ4n) is 4.84. The minimum absolute atomic E-state index is 0.160. The average Bonchev–Trinajstić information content (AvgIpc) is 2.95. The standard InChI is InChI=1S/C30H27BrCl2N4O2S/c1-39-28-23(16-19-6-2-4-8-22(19)27(28)31)29(38)35-30(40)34-21-10-11-26(25(33)17-21)37-14-12-36(13-15-37)18-20-7-3-5-9-24(20)32/h2-11,16-17H,12-15,18H2,1H3,(H2,34,35,38,40). The lowest BCUT2D eigenvalue weighted by molar-refractivity contribution is 0.0975. The Labute approximate surface area is 257 Å². The number of nitrogens with zero attached hydrogens (tertiary/aromatic N) is 2. The summed E-state index contributed by atoms with van der Waals surface area (Å²) < 4.78 is 6.24. The highest BCUT2D eigenvalue weighted by atomic mass is 79.9. The number of fused-ring (bicyclic) bond motifs is 1. The number of rotatable bonds is 6. The monoisotopic (exact) mass is 656 g/mol. The topological polar surface area (TPSA) is 56.8 Å². The number of carbonyl (C=O) groups is 1. The summed E-state index contributed by atoms with van der Waals surface area (Å²) in [5.41, 5.74) is 3.16. The molecular formula is C30H27BrCl2N4O2S. The number of thiocarbonyl (C=S) groups is 1. The van der Waals surface area contributed by atoms with E-state index in [9.17, 15) is 4.79 Å². The van der Waals surface area contributed by atoms with E-state index in [1.165, 1.54) is 7.11 Å². The van der Waals surface area contributed by atoms with Crippen LogP contribution in [0.5, 0.6) is 5.75 Å². The lowest BCUT2D eigenvalue weighted by Crippen LogP contribution is -2.46. The van der Waals surface area contributed by atoms with Crippen molar-refractivity contribution in [3.63, 3.8) is 0 Å². The largest absolute Gasteiger partial charge is 0.495 e. The van der Waals surface area contributed by atoms with Gasteiger partial charge in [-0.1, -0.05) is 65.7 Å². The number of hydrogen-bond acceptors (Lipinski definition) is 5. The predicted molar refractivity (Wildman–Crippen MR) is 172 cm³/mol. The van der Waals surface area contributed by atoms with Crippen LogP contribution in [0.4, 0.5) is 11.4 Å². The van der Waals surface area contributed by atoms with Crippen molar-refractivity contribution in [3.8, 4) is 5.75 Å². The molecule has 4 aromatic carbocycles. The maximum atomic E-state index is 13.1. The summed E-state index contributed by atoms with van der Waals surface area (Å²) in [7, 11) is 1.53. The molecule has 2 N–H and O–H groups in total. The number of nitrogens with one attached hydrogen (secondary N) is 2. The molecule has 1 saturated heterocycles. The quantitative estimate of drug-likeness (QED) is 0.211. The van der Waals surface area contributed by atoms with Gasteiger partial charge in [0.05, 0.1) is 27.9 Å². The molecule has 0 radical (unpaired) electrons. The first kappa shape index (κ1) is 28.6. The Hall–Kier alpha value is -2.88. The van der Waals surface area contributed by atoms with E-state index in [-0.39, 0.29) is 11.0 Å². The van der Waals surface area contributed by atoms with Gasteiger partial charge in [0.2, 0.25) is 0 Å². The highest BCUT2D eigenvalue weighted by Crippen LogP contribution is 2.36. The molecule has 0 aromatic heterocycles. The van der Waals surface area contributed by atoms with Crippen LogP contribution in [0, 0.1) is 0 Å². The molecule has 40 heavy (non-hydrogen) atoms. The first-order valence-corrected chi connectivity index (χ1v) is 14.7. The SMILES string of the molecule is COc1c(C(=O)NC(=S)Nc2ccc(N3CCN(Cc4ccccc4Cl)CC3)c(Cl)c2)cc2ccccc2c1Br. The molecule has 0 aliphatic carbocycles. The molecule has 4 aromatic rings. The van der Waals surface area contributed by atoms with Crippen LogP contribution in [-0.2, 0) is 6.54 Å². The predicted octanol–water partition coefficient (Wildman–Crippen LogP) is 7.37. The third kappa shape index (κ3) is 6.37. The number of methoxy groups -OCH3 is 1. The van der Waals surface area contributed by atoms with Crippen molar-refractivity contribution < 1.29 is 9.53 Å². The van der Waals surface area contributed by atoms with Crippen molar-refractivity contribution in [1.29, 1.82) is 0 Å². The van der Waals surface area contributed by atoms with Crippen molar-refractivity contribution in [1.82, 2.24) is 10.2 Å². The van der Waals surface area contributed by atoms with Crippen LogP contribution >= 0.6 is 51.3 Å². The van der Waals surface area contributed by atoms with Gasteiger partial charge in [0, 0.05) is 43.4 Å². The number of amides is 1. The number of ether oxygens (including phenoxy) is 1. The second-order valence-electron chi connectivity index (χ2n) is 9.42. The number of carbonyl (C=O) groups excluding carboxylic acids is 1. The molecule has 0 spiro atoms. The van der Waals surface area contributed by atoms with Crippen LogP contribution < -0.4 is 20.3 Å². The molecule has 206 valence electrons. The number of benzene rings is 4. The first-order valence-electron chi connectivity index (χ1n) is 12.7. The Morgan fingerprint density at radius 2 is 1.70 bits per heavy atom. The molecular weight excluding hydrogens is 631 g/mol. The normalized spacial score (nSPS) is 13.8. The van der Waals surface area contributed by atoms with Crippen molar-refractivity contribution in [2.75, 3.05) is 43.5 Å². The van der Waals surface area contributed by atoms with Gasteiger partial charge in [0.25, 0.3) is 5.91 Å². The zero-order chi connectivity index (χ0) is 28.2. The molecule has 0 unspecified atom stereocenters. The van der Waals surface area contributed by atoms with Gasteiger partial charge in [-0.25, -0.2) is 0 Å². The molecule has 6 nitrogen and oxygen atoms in total. The van der Waals surface area contributed by atoms with Gasteiger partial charge in [-0.3, -0.25) is 15.0 Å². The Morgan fingerprint density at radius 3 is 2.42 bits per heavy atom. The summed E-state index contributed by atoms with van der Waals surface area (Å²) in [5, 5.41) is 9.25. The Kier molecular flexibility index (Phi) is 9.13. The fraction of sp³-hybridized carbons (Fsp3) is 0.200. The van der Waals surface area contributed by atoms with E-state index in [1.807, 2.05) is 60.7 Å². The zero-order valence-corrected chi connectivity index (χ0v) is 25.6. The average molecular weight is 658 g/mol. The van der Waals surface area contributed by atoms with Crippen LogP contribution in [0.15, 0.2) is 77.3 Å². The number of anilines is 2. The minimum Gasteiger partial charge on any atom is -0.495 e. The summed E-state index contributed by atoms with van der Waals surface area (Å²) in [6.07, 6.45) is 0.